The van der Waals surface area contributed by atoms with Crippen molar-refractivity contribution in [1.29, 1.82) is 0 Å². The number of ether oxygens (including phenoxy) is 1. The van der Waals surface area contributed by atoms with Gasteiger partial charge in [0.05, 0.1) is 13.2 Å². The molecule has 0 spiro atoms. The summed E-state index contributed by atoms with van der Waals surface area (Å²) in [7, 11) is 0. The van der Waals surface area contributed by atoms with Crippen LogP contribution in [0.3, 0.4) is 0 Å². The number of carbonyl (C=O) groups excluding carboxylic acids is 1. The van der Waals surface area contributed by atoms with Crippen LogP contribution in [0, 0.1) is 0 Å². The van der Waals surface area contributed by atoms with Crippen LogP contribution in [0.1, 0.15) is 66.2 Å². The zero-order valence-electron chi connectivity index (χ0n) is 12.0. The third kappa shape index (κ3) is 6.67. The highest BCUT2D eigenvalue weighted by molar-refractivity contribution is 5.71. The van der Waals surface area contributed by atoms with Crippen molar-refractivity contribution in [2.45, 2.75) is 71.8 Å². The Labute approximate surface area is 106 Å². The Hall–Kier alpha value is -0.570. The maximum Gasteiger partial charge on any atom is 0.319 e. The van der Waals surface area contributed by atoms with Gasteiger partial charge in [0.2, 0.25) is 0 Å². The van der Waals surface area contributed by atoms with E-state index in [-0.39, 0.29) is 11.5 Å². The molecule has 0 unspecified atom stereocenters. The second-order valence-corrected chi connectivity index (χ2v) is 4.69. The third-order valence-corrected chi connectivity index (χ3v) is 3.10. The van der Waals surface area contributed by atoms with Crippen LogP contribution in [0.25, 0.3) is 0 Å². The van der Waals surface area contributed by atoms with Crippen LogP contribution in [-0.4, -0.2) is 24.7 Å². The van der Waals surface area contributed by atoms with Gasteiger partial charge < -0.3 is 10.1 Å². The third-order valence-electron chi connectivity index (χ3n) is 3.10. The molecule has 0 fully saturated rings. The van der Waals surface area contributed by atoms with Gasteiger partial charge in [-0.3, -0.25) is 4.79 Å². The second-order valence-electron chi connectivity index (χ2n) is 4.69. The van der Waals surface area contributed by atoms with Gasteiger partial charge in [-0.25, -0.2) is 0 Å². The minimum atomic E-state index is -0.139. The molecule has 0 aromatic rings. The smallest absolute Gasteiger partial charge is 0.319 e. The van der Waals surface area contributed by atoms with Crippen LogP contribution >= 0.6 is 0 Å². The summed E-state index contributed by atoms with van der Waals surface area (Å²) in [4.78, 5) is 11.4. The van der Waals surface area contributed by atoms with Gasteiger partial charge in [0.1, 0.15) is 0 Å². The Morgan fingerprint density at radius 3 is 1.82 bits per heavy atom. The van der Waals surface area contributed by atoms with Crippen molar-refractivity contribution >= 4 is 5.97 Å². The van der Waals surface area contributed by atoms with E-state index in [0.717, 1.165) is 38.5 Å². The summed E-state index contributed by atoms with van der Waals surface area (Å²) in [6.07, 6.45) is 6.84. The van der Waals surface area contributed by atoms with Crippen molar-refractivity contribution in [2.24, 2.45) is 0 Å². The monoisotopic (exact) mass is 243 g/mol. The second kappa shape index (κ2) is 9.46. The largest absolute Gasteiger partial charge is 0.465 e. The highest BCUT2D eigenvalue weighted by Crippen LogP contribution is 2.25. The molecule has 0 bridgehead atoms. The Bertz CT molecular complexity index is 187. The predicted octanol–water partition coefficient (Wildman–Crippen LogP) is 3.28. The van der Waals surface area contributed by atoms with Crippen molar-refractivity contribution in [3.63, 3.8) is 0 Å². The van der Waals surface area contributed by atoms with E-state index in [1.165, 1.54) is 0 Å². The van der Waals surface area contributed by atoms with E-state index in [9.17, 15) is 4.79 Å². The molecule has 0 aliphatic carbocycles. The van der Waals surface area contributed by atoms with E-state index < -0.39 is 0 Å². The molecule has 0 radical (unpaired) electrons. The molecule has 0 amide bonds. The van der Waals surface area contributed by atoms with E-state index in [0.29, 0.717) is 13.2 Å². The van der Waals surface area contributed by atoms with Crippen LogP contribution in [0.15, 0.2) is 0 Å². The summed E-state index contributed by atoms with van der Waals surface area (Å²) in [5.74, 6) is -0.139. The molecule has 17 heavy (non-hydrogen) atoms. The first-order valence-electron chi connectivity index (χ1n) is 7.04. The summed E-state index contributed by atoms with van der Waals surface area (Å²) < 4.78 is 4.97. The zero-order valence-corrected chi connectivity index (χ0v) is 12.0. The fourth-order valence-corrected chi connectivity index (χ4v) is 2.55. The van der Waals surface area contributed by atoms with Crippen LogP contribution in [0.2, 0.25) is 0 Å². The standard InChI is InChI=1S/C14H29NO2/c1-5-9-14(10-6-2,11-7-3)15-12-13(16)17-8-4/h15H,5-12H2,1-4H3. The van der Waals surface area contributed by atoms with E-state index in [2.05, 4.69) is 26.1 Å². The van der Waals surface area contributed by atoms with E-state index in [4.69, 9.17) is 4.74 Å². The zero-order chi connectivity index (χ0) is 13.1. The Morgan fingerprint density at radius 2 is 1.47 bits per heavy atom. The van der Waals surface area contributed by atoms with E-state index >= 15 is 0 Å². The van der Waals surface area contributed by atoms with Gasteiger partial charge in [-0.05, 0) is 26.2 Å². The summed E-state index contributed by atoms with van der Waals surface area (Å²) >= 11 is 0. The maximum atomic E-state index is 11.4. The topological polar surface area (TPSA) is 38.3 Å². The van der Waals surface area contributed by atoms with Gasteiger partial charge >= 0.3 is 5.97 Å². The molecule has 0 heterocycles. The van der Waals surface area contributed by atoms with Gasteiger partial charge in [-0.15, -0.1) is 0 Å². The molecule has 0 atom stereocenters. The fourth-order valence-electron chi connectivity index (χ4n) is 2.55. The first-order chi connectivity index (χ1) is 8.14. The number of hydrogen-bond donors (Lipinski definition) is 1. The molecule has 102 valence electrons. The van der Waals surface area contributed by atoms with Crippen molar-refractivity contribution in [2.75, 3.05) is 13.2 Å². The number of esters is 1. The lowest BCUT2D eigenvalue weighted by molar-refractivity contribution is -0.142. The highest BCUT2D eigenvalue weighted by Gasteiger charge is 2.27. The molecular formula is C14H29NO2. The molecule has 0 aliphatic heterocycles. The van der Waals surface area contributed by atoms with Crippen molar-refractivity contribution < 1.29 is 9.53 Å². The van der Waals surface area contributed by atoms with Crippen LogP contribution < -0.4 is 5.32 Å². The molecular weight excluding hydrogens is 214 g/mol. The van der Waals surface area contributed by atoms with Crippen LogP contribution in [-0.2, 0) is 9.53 Å². The molecule has 0 rings (SSSR count). The lowest BCUT2D eigenvalue weighted by Crippen LogP contribution is -2.47. The quantitative estimate of drug-likeness (QED) is 0.598. The number of carbonyl (C=O) groups is 1. The molecule has 0 aromatic carbocycles. The molecule has 3 heteroatoms. The minimum Gasteiger partial charge on any atom is -0.465 e. The van der Waals surface area contributed by atoms with Crippen LogP contribution in [0.5, 0.6) is 0 Å². The molecule has 1 N–H and O–H groups in total. The summed E-state index contributed by atoms with van der Waals surface area (Å²) in [6.45, 7) is 9.25. The predicted molar refractivity (Wildman–Crippen MR) is 72.1 cm³/mol. The summed E-state index contributed by atoms with van der Waals surface area (Å²) in [5.41, 5.74) is 0.130. The van der Waals surface area contributed by atoms with E-state index in [1.54, 1.807) is 0 Å². The number of hydrogen-bond acceptors (Lipinski definition) is 3. The first kappa shape index (κ1) is 16.4. The first-order valence-corrected chi connectivity index (χ1v) is 7.04. The molecule has 0 saturated carbocycles. The number of nitrogens with one attached hydrogen (secondary N) is 1. The maximum absolute atomic E-state index is 11.4. The molecule has 3 nitrogen and oxygen atoms in total. The highest BCUT2D eigenvalue weighted by atomic mass is 16.5. The van der Waals surface area contributed by atoms with Crippen LogP contribution in [0.4, 0.5) is 0 Å². The fraction of sp³-hybridized carbons (Fsp3) is 0.929. The normalized spacial score (nSPS) is 11.5. The SMILES string of the molecule is CCCC(CCC)(CCC)NCC(=O)OCC. The summed E-state index contributed by atoms with van der Waals surface area (Å²) in [5, 5.41) is 3.45. The molecule has 0 aromatic heterocycles. The van der Waals surface area contributed by atoms with Gasteiger partial charge in [0, 0.05) is 5.54 Å². The average molecular weight is 243 g/mol. The summed E-state index contributed by atoms with van der Waals surface area (Å²) in [6, 6.07) is 0. The Balaban J connectivity index is 4.37. The number of rotatable bonds is 10. The molecule has 0 aliphatic rings. The van der Waals surface area contributed by atoms with Gasteiger partial charge in [-0.1, -0.05) is 40.0 Å². The van der Waals surface area contributed by atoms with Crippen molar-refractivity contribution in [1.82, 2.24) is 5.32 Å². The lowest BCUT2D eigenvalue weighted by Gasteiger charge is -2.34. The lowest BCUT2D eigenvalue weighted by atomic mass is 9.84. The van der Waals surface area contributed by atoms with Gasteiger partial charge in [0.25, 0.3) is 0 Å². The Kier molecular flexibility index (Phi) is 9.14. The average Bonchev–Trinajstić information content (AvgIpc) is 2.28. The van der Waals surface area contributed by atoms with Gasteiger partial charge in [0.15, 0.2) is 0 Å². The van der Waals surface area contributed by atoms with Gasteiger partial charge in [-0.2, -0.15) is 0 Å². The molecule has 0 saturated heterocycles. The van der Waals surface area contributed by atoms with Crippen molar-refractivity contribution in [3.05, 3.63) is 0 Å². The van der Waals surface area contributed by atoms with Crippen molar-refractivity contribution in [3.8, 4) is 0 Å². The minimum absolute atomic E-state index is 0.130. The van der Waals surface area contributed by atoms with E-state index in [1.807, 2.05) is 6.92 Å². The Morgan fingerprint density at radius 1 is 1.00 bits per heavy atom.